The summed E-state index contributed by atoms with van der Waals surface area (Å²) in [6.07, 6.45) is -3.17. The first-order valence-electron chi connectivity index (χ1n) is 4.73. The monoisotopic (exact) mass is 288 g/mol. The van der Waals surface area contributed by atoms with Gasteiger partial charge in [-0.3, -0.25) is 9.48 Å². The summed E-state index contributed by atoms with van der Waals surface area (Å²) in [5.41, 5.74) is -0.751. The summed E-state index contributed by atoms with van der Waals surface area (Å²) in [4.78, 5) is 11.4. The number of carbonyl (C=O) groups is 1. The van der Waals surface area contributed by atoms with E-state index in [9.17, 15) is 22.4 Å². The lowest BCUT2D eigenvalue weighted by molar-refractivity contribution is -0.0962. The lowest BCUT2D eigenvalue weighted by Gasteiger charge is -2.15. The van der Waals surface area contributed by atoms with Gasteiger partial charge in [0.25, 0.3) is 5.78 Å². The predicted octanol–water partition coefficient (Wildman–Crippen LogP) is 2.27. The molecule has 1 rings (SSSR count). The van der Waals surface area contributed by atoms with E-state index in [1.54, 1.807) is 0 Å². The molecule has 4 nitrogen and oxygen atoms in total. The van der Waals surface area contributed by atoms with Crippen molar-refractivity contribution in [2.24, 2.45) is 0 Å². The highest BCUT2D eigenvalue weighted by Crippen LogP contribution is 2.30. The number of rotatable bonds is 6. The Labute approximate surface area is 104 Å². The van der Waals surface area contributed by atoms with Gasteiger partial charge in [0.1, 0.15) is 5.69 Å². The van der Waals surface area contributed by atoms with E-state index in [1.807, 2.05) is 0 Å². The first-order valence-corrected chi connectivity index (χ1v) is 5.11. The molecule has 102 valence electrons. The van der Waals surface area contributed by atoms with Crippen LogP contribution in [0.1, 0.15) is 10.5 Å². The Balaban J connectivity index is 3.08. The molecule has 9 heteroatoms. The van der Waals surface area contributed by atoms with Crippen LogP contribution in [0.3, 0.4) is 0 Å². The first kappa shape index (κ1) is 14.9. The second-order valence-corrected chi connectivity index (χ2v) is 3.72. The second-order valence-electron chi connectivity index (χ2n) is 3.31. The number of ketones is 1. The van der Waals surface area contributed by atoms with Crippen molar-refractivity contribution >= 4 is 17.4 Å². The van der Waals surface area contributed by atoms with Gasteiger partial charge in [-0.2, -0.15) is 13.9 Å². The normalized spacial score (nSPS) is 12.2. The average molecular weight is 289 g/mol. The zero-order valence-corrected chi connectivity index (χ0v) is 9.93. The average Bonchev–Trinajstić information content (AvgIpc) is 2.66. The van der Waals surface area contributed by atoms with Gasteiger partial charge in [-0.1, -0.05) is 11.6 Å². The Morgan fingerprint density at radius 3 is 2.72 bits per heavy atom. The third kappa shape index (κ3) is 2.81. The Morgan fingerprint density at radius 2 is 2.22 bits per heavy atom. The fourth-order valence-electron chi connectivity index (χ4n) is 1.19. The fraction of sp³-hybridized carbons (Fsp3) is 0.556. The molecule has 1 aromatic rings. The predicted molar refractivity (Wildman–Crippen MR) is 54.4 cm³/mol. The van der Waals surface area contributed by atoms with E-state index in [2.05, 4.69) is 9.84 Å². The number of alkyl halides is 4. The van der Waals surface area contributed by atoms with Crippen molar-refractivity contribution in [3.63, 3.8) is 0 Å². The van der Waals surface area contributed by atoms with Crippen LogP contribution in [-0.4, -0.2) is 41.6 Å². The molecule has 0 N–H and O–H groups in total. The minimum Gasteiger partial charge on any atom is -0.383 e. The number of halogens is 5. The van der Waals surface area contributed by atoms with Crippen LogP contribution >= 0.6 is 11.6 Å². The lowest BCUT2D eigenvalue weighted by atomic mass is 10.1. The minimum absolute atomic E-state index is 0.0520. The van der Waals surface area contributed by atoms with Gasteiger partial charge in [-0.05, 0) is 0 Å². The summed E-state index contributed by atoms with van der Waals surface area (Å²) < 4.78 is 55.6. The van der Waals surface area contributed by atoms with Gasteiger partial charge in [-0.15, -0.1) is 0 Å². The lowest BCUT2D eigenvalue weighted by Crippen LogP contribution is -2.38. The smallest absolute Gasteiger partial charge is 0.370 e. The van der Waals surface area contributed by atoms with Crippen LogP contribution in [0.2, 0.25) is 5.02 Å². The maximum atomic E-state index is 13.0. The third-order valence-electron chi connectivity index (χ3n) is 2.09. The molecule has 1 heterocycles. The number of hydrogen-bond donors (Lipinski definition) is 0. The van der Waals surface area contributed by atoms with Gasteiger partial charge in [0, 0.05) is 7.11 Å². The van der Waals surface area contributed by atoms with Crippen molar-refractivity contribution in [1.29, 1.82) is 0 Å². The van der Waals surface area contributed by atoms with E-state index in [0.29, 0.717) is 0 Å². The van der Waals surface area contributed by atoms with Crippen molar-refractivity contribution in [3.8, 4) is 0 Å². The van der Waals surface area contributed by atoms with E-state index in [0.717, 1.165) is 10.9 Å². The molecule has 0 aliphatic carbocycles. The summed E-state index contributed by atoms with van der Waals surface area (Å²) in [6, 6.07) is 0. The summed E-state index contributed by atoms with van der Waals surface area (Å²) >= 11 is 5.51. The van der Waals surface area contributed by atoms with Crippen LogP contribution in [0.5, 0.6) is 0 Å². The van der Waals surface area contributed by atoms with Crippen molar-refractivity contribution in [2.75, 3.05) is 13.7 Å². The van der Waals surface area contributed by atoms with E-state index in [4.69, 9.17) is 11.6 Å². The molecule has 0 radical (unpaired) electrons. The fourth-order valence-corrected chi connectivity index (χ4v) is 1.42. The number of Topliss-reactive ketones (excluding diaryl/α,β-unsaturated/α-hetero) is 1. The zero-order valence-electron chi connectivity index (χ0n) is 9.17. The van der Waals surface area contributed by atoms with Gasteiger partial charge in [0.05, 0.1) is 24.4 Å². The molecule has 0 aliphatic heterocycles. The largest absolute Gasteiger partial charge is 0.383 e. The van der Waals surface area contributed by atoms with E-state index in [-0.39, 0.29) is 13.2 Å². The Bertz CT molecular complexity index is 436. The van der Waals surface area contributed by atoms with Gasteiger partial charge >= 0.3 is 12.3 Å². The van der Waals surface area contributed by atoms with Gasteiger partial charge < -0.3 is 4.74 Å². The van der Waals surface area contributed by atoms with E-state index in [1.165, 1.54) is 7.11 Å². The summed E-state index contributed by atoms with van der Waals surface area (Å²) in [7, 11) is 1.35. The van der Waals surface area contributed by atoms with Crippen molar-refractivity contribution in [2.45, 2.75) is 18.9 Å². The highest BCUT2D eigenvalue weighted by molar-refractivity contribution is 6.33. The topological polar surface area (TPSA) is 44.1 Å². The number of carbonyl (C=O) groups excluding carboxylic acids is 1. The Hall–Kier alpha value is -1.15. The molecular weight excluding hydrogens is 280 g/mol. The molecule has 1 aromatic heterocycles. The molecule has 0 bridgehead atoms. The number of nitrogens with zero attached hydrogens (tertiary/aromatic N) is 2. The number of aromatic nitrogens is 2. The van der Waals surface area contributed by atoms with Crippen LogP contribution in [-0.2, 0) is 11.3 Å². The molecule has 0 atom stereocenters. The summed E-state index contributed by atoms with van der Waals surface area (Å²) in [5, 5.41) is 3.15. The number of methoxy groups -OCH3 is 1. The first-order chi connectivity index (χ1) is 8.32. The standard InChI is InChI=1S/C9H9ClF4N2O2/c1-18-3-2-16-6(5(10)4-15-16)7(17)9(13,14)8(11)12/h4,8H,2-3H2,1H3. The van der Waals surface area contributed by atoms with Crippen LogP contribution < -0.4 is 0 Å². The molecule has 0 amide bonds. The highest BCUT2D eigenvalue weighted by atomic mass is 35.5. The molecule has 0 aliphatic rings. The molecule has 0 fully saturated rings. The van der Waals surface area contributed by atoms with Crippen LogP contribution in [0.4, 0.5) is 17.6 Å². The molecular formula is C9H9ClF4N2O2. The quantitative estimate of drug-likeness (QED) is 0.596. The van der Waals surface area contributed by atoms with Gasteiger partial charge in [0.15, 0.2) is 0 Å². The molecule has 18 heavy (non-hydrogen) atoms. The van der Waals surface area contributed by atoms with E-state index >= 15 is 0 Å². The van der Waals surface area contributed by atoms with Crippen molar-refractivity contribution in [3.05, 3.63) is 16.9 Å². The second kappa shape index (κ2) is 5.66. The van der Waals surface area contributed by atoms with Crippen LogP contribution in [0.15, 0.2) is 6.20 Å². The maximum absolute atomic E-state index is 13.0. The summed E-state index contributed by atoms with van der Waals surface area (Å²) in [5.74, 6) is -6.86. The zero-order chi connectivity index (χ0) is 13.9. The van der Waals surface area contributed by atoms with Crippen LogP contribution in [0, 0.1) is 0 Å². The molecule has 0 saturated carbocycles. The molecule has 0 spiro atoms. The van der Waals surface area contributed by atoms with E-state index < -0.39 is 28.8 Å². The Kier molecular flexibility index (Phi) is 4.69. The summed E-state index contributed by atoms with van der Waals surface area (Å²) in [6.45, 7) is 0.0160. The molecule has 0 saturated heterocycles. The third-order valence-corrected chi connectivity index (χ3v) is 2.37. The SMILES string of the molecule is COCCn1ncc(Cl)c1C(=O)C(F)(F)C(F)F. The maximum Gasteiger partial charge on any atom is 0.370 e. The van der Waals surface area contributed by atoms with Gasteiger partial charge in [0.2, 0.25) is 0 Å². The molecule has 0 aromatic carbocycles. The number of hydrogen-bond acceptors (Lipinski definition) is 3. The molecule has 0 unspecified atom stereocenters. The number of ether oxygens (including phenoxy) is 1. The van der Waals surface area contributed by atoms with Gasteiger partial charge in [-0.25, -0.2) is 8.78 Å². The van der Waals surface area contributed by atoms with Crippen molar-refractivity contribution < 1.29 is 27.1 Å². The highest BCUT2D eigenvalue weighted by Gasteiger charge is 2.51. The van der Waals surface area contributed by atoms with Crippen LogP contribution in [0.25, 0.3) is 0 Å². The van der Waals surface area contributed by atoms with Crippen molar-refractivity contribution in [1.82, 2.24) is 9.78 Å². The Morgan fingerprint density at radius 1 is 1.61 bits per heavy atom. The minimum atomic E-state index is -4.80.